The highest BCUT2D eigenvalue weighted by atomic mass is 79.9. The Kier molecular flexibility index (Phi) is 8.40. The average molecular weight is 580 g/mol. The number of ether oxygens (including phenoxy) is 1. The molecule has 2 heterocycles. The molecule has 5 rings (SSSR count). The molecule has 1 atom stereocenters. The van der Waals surface area contributed by atoms with Crippen LogP contribution in [-0.4, -0.2) is 30.7 Å². The third kappa shape index (κ3) is 4.54. The van der Waals surface area contributed by atoms with Gasteiger partial charge in [0, 0.05) is 13.0 Å². The zero-order chi connectivity index (χ0) is 24.3. The summed E-state index contributed by atoms with van der Waals surface area (Å²) in [6.45, 7) is 2.67. The summed E-state index contributed by atoms with van der Waals surface area (Å²) in [5, 5.41) is 6.11. The van der Waals surface area contributed by atoms with Crippen LogP contribution >= 0.6 is 18.6 Å². The summed E-state index contributed by atoms with van der Waals surface area (Å²) < 4.78 is 5.26. The molecule has 36 heavy (non-hydrogen) atoms. The van der Waals surface area contributed by atoms with Gasteiger partial charge in [-0.15, -0.1) is 11.3 Å². The van der Waals surface area contributed by atoms with Crippen molar-refractivity contribution in [3.63, 3.8) is 0 Å². The highest BCUT2D eigenvalue weighted by Gasteiger charge is 2.59. The third-order valence-electron chi connectivity index (χ3n) is 6.52. The zero-order valence-corrected chi connectivity index (χ0v) is 23.2. The second kappa shape index (κ2) is 11.5. The largest absolute Gasteiger partial charge is 1.00 e. The van der Waals surface area contributed by atoms with Crippen LogP contribution < -0.4 is 37.8 Å². The van der Waals surface area contributed by atoms with Crippen molar-refractivity contribution in [3.05, 3.63) is 108 Å². The number of rotatable bonds is 7. The molecular formula is C29H27BrNO3PS. The van der Waals surface area contributed by atoms with Crippen molar-refractivity contribution in [1.29, 1.82) is 0 Å². The Morgan fingerprint density at radius 3 is 1.86 bits per heavy atom. The minimum atomic E-state index is -2.35. The SMILES string of the molecule is CCOC(=O)c1ccsc1N1CC[C@@H]([P+](c2ccccc2)(c2ccccc2)c2ccccc2)C1=O.[Br-]. The topological polar surface area (TPSA) is 46.6 Å². The highest BCUT2D eigenvalue weighted by Crippen LogP contribution is 2.62. The molecule has 1 aromatic heterocycles. The van der Waals surface area contributed by atoms with Gasteiger partial charge < -0.3 is 21.7 Å². The summed E-state index contributed by atoms with van der Waals surface area (Å²) in [7, 11) is -2.35. The van der Waals surface area contributed by atoms with E-state index in [0.717, 1.165) is 0 Å². The number of benzene rings is 3. The number of hydrogen-bond donors (Lipinski definition) is 0. The Morgan fingerprint density at radius 2 is 1.39 bits per heavy atom. The minimum absolute atomic E-state index is 0. The van der Waals surface area contributed by atoms with Crippen LogP contribution in [0.15, 0.2) is 102 Å². The third-order valence-corrected chi connectivity index (χ3v) is 12.2. The van der Waals surface area contributed by atoms with Crippen molar-refractivity contribution in [1.82, 2.24) is 0 Å². The summed E-state index contributed by atoms with van der Waals surface area (Å²) in [5.74, 6) is -0.307. The van der Waals surface area contributed by atoms with E-state index in [2.05, 4.69) is 72.8 Å². The van der Waals surface area contributed by atoms with Crippen molar-refractivity contribution in [2.75, 3.05) is 18.1 Å². The molecule has 4 nitrogen and oxygen atoms in total. The molecule has 0 aliphatic carbocycles. The predicted octanol–water partition coefficient (Wildman–Crippen LogP) is 2.03. The van der Waals surface area contributed by atoms with Crippen molar-refractivity contribution in [3.8, 4) is 0 Å². The minimum Gasteiger partial charge on any atom is -1.00 e. The molecule has 7 heteroatoms. The van der Waals surface area contributed by atoms with Gasteiger partial charge in [-0.25, -0.2) is 4.79 Å². The number of anilines is 1. The summed E-state index contributed by atoms with van der Waals surface area (Å²) in [4.78, 5) is 28.7. The van der Waals surface area contributed by atoms with Gasteiger partial charge in [0.1, 0.15) is 28.2 Å². The maximum absolute atomic E-state index is 14.3. The molecule has 1 fully saturated rings. The molecule has 0 N–H and O–H groups in total. The Morgan fingerprint density at radius 1 is 0.889 bits per heavy atom. The van der Waals surface area contributed by atoms with Crippen LogP contribution in [0.4, 0.5) is 5.00 Å². The van der Waals surface area contributed by atoms with Gasteiger partial charge >= 0.3 is 5.97 Å². The first-order valence-electron chi connectivity index (χ1n) is 11.8. The molecule has 0 saturated carbocycles. The average Bonchev–Trinajstić information content (AvgIpc) is 3.54. The van der Waals surface area contributed by atoms with Gasteiger partial charge in [-0.1, -0.05) is 54.6 Å². The van der Waals surface area contributed by atoms with E-state index >= 15 is 0 Å². The molecule has 0 bridgehead atoms. The number of esters is 1. The van der Waals surface area contributed by atoms with Crippen LogP contribution in [0.2, 0.25) is 0 Å². The van der Waals surface area contributed by atoms with E-state index in [1.54, 1.807) is 13.0 Å². The second-order valence-corrected chi connectivity index (χ2v) is 12.9. The molecule has 0 spiro atoms. The lowest BCUT2D eigenvalue weighted by atomic mass is 10.3. The fourth-order valence-electron chi connectivity index (χ4n) is 5.08. The van der Waals surface area contributed by atoms with Gasteiger partial charge in [0.2, 0.25) is 0 Å². The van der Waals surface area contributed by atoms with Crippen LogP contribution in [0, 0.1) is 0 Å². The Hall–Kier alpha value is -2.79. The summed E-state index contributed by atoms with van der Waals surface area (Å²) in [5.41, 5.74) is 0.237. The Labute approximate surface area is 227 Å². The predicted molar refractivity (Wildman–Crippen MR) is 146 cm³/mol. The Balaban J connectivity index is 0.00000304. The lowest BCUT2D eigenvalue weighted by Crippen LogP contribution is -3.00. The molecule has 1 aliphatic heterocycles. The van der Waals surface area contributed by atoms with Gasteiger partial charge in [0.15, 0.2) is 5.66 Å². The fourth-order valence-corrected chi connectivity index (χ4v) is 10.9. The molecule has 1 aliphatic rings. The van der Waals surface area contributed by atoms with Crippen molar-refractivity contribution in [2.45, 2.75) is 19.0 Å². The number of hydrogen-bond acceptors (Lipinski definition) is 4. The van der Waals surface area contributed by atoms with Gasteiger partial charge in [0.25, 0.3) is 5.91 Å². The van der Waals surface area contributed by atoms with Crippen LogP contribution in [0.25, 0.3) is 0 Å². The van der Waals surface area contributed by atoms with E-state index in [1.165, 1.54) is 27.3 Å². The number of halogens is 1. The molecule has 0 unspecified atom stereocenters. The van der Waals surface area contributed by atoms with E-state index < -0.39 is 7.26 Å². The second-order valence-electron chi connectivity index (χ2n) is 8.38. The summed E-state index contributed by atoms with van der Waals surface area (Å²) in [6.07, 6.45) is 0.714. The van der Waals surface area contributed by atoms with Crippen LogP contribution in [0.3, 0.4) is 0 Å². The van der Waals surface area contributed by atoms with Crippen molar-refractivity contribution in [2.24, 2.45) is 0 Å². The van der Waals surface area contributed by atoms with Crippen LogP contribution in [0.5, 0.6) is 0 Å². The number of amides is 1. The van der Waals surface area contributed by atoms with Gasteiger partial charge in [-0.3, -0.25) is 9.69 Å². The number of nitrogens with zero attached hydrogens (tertiary/aromatic N) is 1. The van der Waals surface area contributed by atoms with E-state index in [0.29, 0.717) is 30.1 Å². The summed E-state index contributed by atoms with van der Waals surface area (Å²) in [6, 6.07) is 33.2. The number of carbonyl (C=O) groups is 2. The normalized spacial score (nSPS) is 15.4. The lowest BCUT2D eigenvalue weighted by Gasteiger charge is -2.31. The number of thiophene rings is 1. The van der Waals surface area contributed by atoms with Crippen molar-refractivity contribution >= 4 is 51.4 Å². The molecular weight excluding hydrogens is 553 g/mol. The molecule has 4 aromatic rings. The first kappa shape index (κ1) is 26.3. The fraction of sp³-hybridized carbons (Fsp3) is 0.172. The van der Waals surface area contributed by atoms with E-state index in [9.17, 15) is 9.59 Å². The van der Waals surface area contributed by atoms with E-state index in [1.807, 2.05) is 28.5 Å². The zero-order valence-electron chi connectivity index (χ0n) is 19.9. The van der Waals surface area contributed by atoms with Crippen molar-refractivity contribution < 1.29 is 31.3 Å². The van der Waals surface area contributed by atoms with E-state index in [4.69, 9.17) is 4.74 Å². The number of carbonyl (C=O) groups excluding carboxylic acids is 2. The van der Waals surface area contributed by atoms with Gasteiger partial charge in [-0.2, -0.15) is 0 Å². The maximum atomic E-state index is 14.3. The molecule has 3 aromatic carbocycles. The first-order valence-corrected chi connectivity index (χ1v) is 14.5. The van der Waals surface area contributed by atoms with E-state index in [-0.39, 0.29) is 34.5 Å². The smallest absolute Gasteiger partial charge is 0.341 e. The van der Waals surface area contributed by atoms with Crippen LogP contribution in [-0.2, 0) is 9.53 Å². The lowest BCUT2D eigenvalue weighted by molar-refractivity contribution is -0.116. The van der Waals surface area contributed by atoms with Gasteiger partial charge in [-0.05, 0) is 54.8 Å². The molecule has 1 saturated heterocycles. The van der Waals surface area contributed by atoms with Crippen LogP contribution in [0.1, 0.15) is 23.7 Å². The monoisotopic (exact) mass is 579 g/mol. The standard InChI is InChI=1S/C29H27NO3PS.BrH/c1-2-33-29(32)25-19-21-35-28(25)30-20-18-26(27(30)31)34(22-12-6-3-7-13-22,23-14-8-4-9-15-23)24-16-10-5-11-17-24;/h3-17,19,21,26H,2,18,20H2,1H3;1H/q+1;/p-1/t26-;/m1./s1. The molecule has 0 radical (unpaired) electrons. The first-order chi connectivity index (χ1) is 17.2. The Bertz CT molecular complexity index is 1220. The van der Waals surface area contributed by atoms with Gasteiger partial charge in [0.05, 0.1) is 12.2 Å². The highest BCUT2D eigenvalue weighted by molar-refractivity contribution is 7.97. The molecule has 1 amide bonds. The summed E-state index contributed by atoms with van der Waals surface area (Å²) >= 11 is 1.42. The quantitative estimate of drug-likeness (QED) is 0.249. The maximum Gasteiger partial charge on any atom is 0.341 e. The molecule has 184 valence electrons.